The lowest BCUT2D eigenvalue weighted by molar-refractivity contribution is -0.119. The summed E-state index contributed by atoms with van der Waals surface area (Å²) in [7, 11) is 0. The molecule has 2 aromatic carbocycles. The van der Waals surface area contributed by atoms with Gasteiger partial charge in [0.15, 0.2) is 11.6 Å². The summed E-state index contributed by atoms with van der Waals surface area (Å²) in [5.41, 5.74) is 3.33. The summed E-state index contributed by atoms with van der Waals surface area (Å²) in [6.45, 7) is 7.24. The normalized spacial score (nSPS) is 11.8. The first-order valence-corrected chi connectivity index (χ1v) is 7.33. The highest BCUT2D eigenvalue weighted by atomic mass is 19.2. The van der Waals surface area contributed by atoms with Gasteiger partial charge in [0.25, 0.3) is 0 Å². The van der Waals surface area contributed by atoms with E-state index >= 15 is 0 Å². The largest absolute Gasteiger partial charge is 0.350 e. The molecular weight excluding hydrogens is 296 g/mol. The number of benzene rings is 2. The van der Waals surface area contributed by atoms with Gasteiger partial charge in [-0.1, -0.05) is 42.5 Å². The molecule has 1 atom stereocenters. The van der Waals surface area contributed by atoms with Gasteiger partial charge < -0.3 is 5.32 Å². The molecule has 0 fully saturated rings. The molecule has 0 aliphatic carbocycles. The van der Waals surface area contributed by atoms with Crippen LogP contribution in [-0.2, 0) is 11.2 Å². The van der Waals surface area contributed by atoms with Gasteiger partial charge in [-0.2, -0.15) is 0 Å². The van der Waals surface area contributed by atoms with Crippen molar-refractivity contribution in [3.63, 3.8) is 0 Å². The lowest BCUT2D eigenvalue weighted by atomic mass is 9.98. The Balaban J connectivity index is 2.16. The number of halogens is 2. The van der Waals surface area contributed by atoms with E-state index in [0.717, 1.165) is 22.8 Å². The number of amides is 1. The van der Waals surface area contributed by atoms with Gasteiger partial charge in [0.2, 0.25) is 5.91 Å². The van der Waals surface area contributed by atoms with Crippen LogP contribution < -0.4 is 5.32 Å². The third-order valence-electron chi connectivity index (χ3n) is 3.62. The molecule has 1 unspecified atom stereocenters. The second kappa shape index (κ2) is 7.18. The predicted molar refractivity (Wildman–Crippen MR) is 87.9 cm³/mol. The quantitative estimate of drug-likeness (QED) is 0.821. The maximum absolute atomic E-state index is 13.3. The maximum Gasteiger partial charge on any atom is 0.217 e. The lowest BCUT2D eigenvalue weighted by Crippen LogP contribution is -2.35. The van der Waals surface area contributed by atoms with Crippen molar-refractivity contribution >= 4 is 5.91 Å². The van der Waals surface area contributed by atoms with Gasteiger partial charge in [0.05, 0.1) is 6.04 Å². The Hall–Kier alpha value is -2.49. The van der Waals surface area contributed by atoms with Gasteiger partial charge in [0.1, 0.15) is 0 Å². The molecule has 0 spiro atoms. The summed E-state index contributed by atoms with van der Waals surface area (Å²) in [5, 5.41) is 2.86. The summed E-state index contributed by atoms with van der Waals surface area (Å²) in [6.07, 6.45) is 0.632. The molecule has 0 heterocycles. The van der Waals surface area contributed by atoms with Crippen LogP contribution in [0.15, 0.2) is 54.6 Å². The zero-order valence-electron chi connectivity index (χ0n) is 13.2. The number of nitrogens with one attached hydrogen (secondary N) is 1. The first kappa shape index (κ1) is 16.9. The maximum atomic E-state index is 13.3. The molecule has 0 aliphatic rings. The van der Waals surface area contributed by atoms with Gasteiger partial charge in [-0.15, -0.1) is 0 Å². The topological polar surface area (TPSA) is 29.1 Å². The van der Waals surface area contributed by atoms with Crippen LogP contribution >= 0.6 is 0 Å². The van der Waals surface area contributed by atoms with Crippen LogP contribution in [0.3, 0.4) is 0 Å². The average molecular weight is 315 g/mol. The molecule has 0 aliphatic heterocycles. The van der Waals surface area contributed by atoms with Gasteiger partial charge in [-0.25, -0.2) is 8.78 Å². The molecule has 23 heavy (non-hydrogen) atoms. The summed E-state index contributed by atoms with van der Waals surface area (Å²) in [6, 6.07) is 11.2. The van der Waals surface area contributed by atoms with E-state index in [1.54, 1.807) is 6.07 Å². The van der Waals surface area contributed by atoms with E-state index in [0.29, 0.717) is 12.0 Å². The molecule has 1 N–H and O–H groups in total. The van der Waals surface area contributed by atoms with Crippen LogP contribution in [0, 0.1) is 11.6 Å². The first-order valence-electron chi connectivity index (χ1n) is 7.33. The molecule has 0 radical (unpaired) electrons. The highest BCUT2D eigenvalue weighted by molar-refractivity contribution is 5.73. The highest BCUT2D eigenvalue weighted by Gasteiger charge is 2.12. The SMILES string of the molecule is C=C(C)C(Cc1ccc(-c2ccc(F)c(F)c2)cc1)NC(C)=O. The van der Waals surface area contributed by atoms with E-state index in [9.17, 15) is 13.6 Å². The van der Waals surface area contributed by atoms with Crippen molar-refractivity contribution in [2.75, 3.05) is 0 Å². The molecular formula is C19H19F2NO. The molecule has 2 aromatic rings. The minimum Gasteiger partial charge on any atom is -0.350 e. The monoisotopic (exact) mass is 315 g/mol. The Morgan fingerprint density at radius 1 is 1.04 bits per heavy atom. The second-order valence-corrected chi connectivity index (χ2v) is 5.63. The fraction of sp³-hybridized carbons (Fsp3) is 0.211. The van der Waals surface area contributed by atoms with Crippen molar-refractivity contribution in [1.82, 2.24) is 5.32 Å². The second-order valence-electron chi connectivity index (χ2n) is 5.63. The van der Waals surface area contributed by atoms with Crippen LogP contribution in [0.2, 0.25) is 0 Å². The summed E-state index contributed by atoms with van der Waals surface area (Å²) in [5.74, 6) is -1.82. The fourth-order valence-corrected chi connectivity index (χ4v) is 2.34. The highest BCUT2D eigenvalue weighted by Crippen LogP contribution is 2.22. The number of hydrogen-bond donors (Lipinski definition) is 1. The third kappa shape index (κ3) is 4.49. The van der Waals surface area contributed by atoms with Crippen LogP contribution in [0.25, 0.3) is 11.1 Å². The fourth-order valence-electron chi connectivity index (χ4n) is 2.34. The first-order chi connectivity index (χ1) is 10.9. The minimum absolute atomic E-state index is 0.101. The zero-order valence-corrected chi connectivity index (χ0v) is 13.2. The van der Waals surface area contributed by atoms with Gasteiger partial charge >= 0.3 is 0 Å². The standard InChI is InChI=1S/C19H19F2NO/c1-12(2)19(22-13(3)23)10-14-4-6-15(7-5-14)16-8-9-17(20)18(21)11-16/h4-9,11,19H,1,10H2,2-3H3,(H,22,23). The Bertz CT molecular complexity index is 723. The summed E-state index contributed by atoms with van der Waals surface area (Å²) in [4.78, 5) is 11.2. The molecule has 120 valence electrons. The van der Waals surface area contributed by atoms with Crippen molar-refractivity contribution < 1.29 is 13.6 Å². The van der Waals surface area contributed by atoms with Crippen molar-refractivity contribution in [3.8, 4) is 11.1 Å². The van der Waals surface area contributed by atoms with E-state index < -0.39 is 11.6 Å². The van der Waals surface area contributed by atoms with Crippen LogP contribution in [0.1, 0.15) is 19.4 Å². The molecule has 0 aromatic heterocycles. The minimum atomic E-state index is -0.861. The summed E-state index contributed by atoms with van der Waals surface area (Å²) < 4.78 is 26.3. The van der Waals surface area contributed by atoms with E-state index in [2.05, 4.69) is 11.9 Å². The van der Waals surface area contributed by atoms with E-state index in [-0.39, 0.29) is 11.9 Å². The Morgan fingerprint density at radius 2 is 1.65 bits per heavy atom. The van der Waals surface area contributed by atoms with Crippen LogP contribution in [-0.4, -0.2) is 11.9 Å². The van der Waals surface area contributed by atoms with Crippen molar-refractivity contribution in [2.24, 2.45) is 0 Å². The summed E-state index contributed by atoms with van der Waals surface area (Å²) >= 11 is 0. The number of carbonyl (C=O) groups excluding carboxylic acids is 1. The van der Waals surface area contributed by atoms with Crippen molar-refractivity contribution in [2.45, 2.75) is 26.3 Å². The molecule has 4 heteroatoms. The Morgan fingerprint density at radius 3 is 2.17 bits per heavy atom. The molecule has 2 rings (SSSR count). The van der Waals surface area contributed by atoms with E-state index in [1.807, 2.05) is 31.2 Å². The smallest absolute Gasteiger partial charge is 0.217 e. The third-order valence-corrected chi connectivity index (χ3v) is 3.62. The number of carbonyl (C=O) groups is 1. The number of hydrogen-bond acceptors (Lipinski definition) is 1. The van der Waals surface area contributed by atoms with Crippen LogP contribution in [0.5, 0.6) is 0 Å². The Labute approximate surface area is 134 Å². The molecule has 1 amide bonds. The predicted octanol–water partition coefficient (Wildman–Crippen LogP) is 4.26. The molecule has 0 saturated carbocycles. The molecule has 0 bridgehead atoms. The van der Waals surface area contributed by atoms with Gasteiger partial charge in [0, 0.05) is 6.92 Å². The average Bonchev–Trinajstić information content (AvgIpc) is 2.49. The van der Waals surface area contributed by atoms with E-state index in [1.165, 1.54) is 13.0 Å². The molecule has 2 nitrogen and oxygen atoms in total. The van der Waals surface area contributed by atoms with Crippen molar-refractivity contribution in [3.05, 3.63) is 71.8 Å². The van der Waals surface area contributed by atoms with Crippen molar-refractivity contribution in [1.29, 1.82) is 0 Å². The number of rotatable bonds is 5. The molecule has 0 saturated heterocycles. The van der Waals surface area contributed by atoms with Crippen LogP contribution in [0.4, 0.5) is 8.78 Å². The van der Waals surface area contributed by atoms with Gasteiger partial charge in [-0.3, -0.25) is 4.79 Å². The van der Waals surface area contributed by atoms with E-state index in [4.69, 9.17) is 0 Å². The zero-order chi connectivity index (χ0) is 17.0. The lowest BCUT2D eigenvalue weighted by Gasteiger charge is -2.18. The Kier molecular flexibility index (Phi) is 5.27. The van der Waals surface area contributed by atoms with Gasteiger partial charge in [-0.05, 0) is 42.2 Å².